The predicted octanol–water partition coefficient (Wildman–Crippen LogP) is 5.99. The van der Waals surface area contributed by atoms with Gasteiger partial charge in [-0.25, -0.2) is 0 Å². The van der Waals surface area contributed by atoms with Crippen molar-refractivity contribution >= 4 is 11.6 Å². The molecule has 4 heteroatoms. The van der Waals surface area contributed by atoms with Crippen LogP contribution in [-0.4, -0.2) is 45.5 Å². The molecule has 32 heavy (non-hydrogen) atoms. The Balaban J connectivity index is 2.71. The van der Waals surface area contributed by atoms with Crippen LogP contribution in [0.4, 0.5) is 5.69 Å². The predicted molar refractivity (Wildman–Crippen MR) is 139 cm³/mol. The van der Waals surface area contributed by atoms with Crippen molar-refractivity contribution in [3.05, 3.63) is 27.8 Å². The fourth-order valence-electron chi connectivity index (χ4n) is 6.33. The fraction of sp³-hybridized carbons (Fsp3) is 0.750. The van der Waals surface area contributed by atoms with Crippen molar-refractivity contribution in [2.45, 2.75) is 132 Å². The lowest BCUT2D eigenvalue weighted by Crippen LogP contribution is -2.87. The van der Waals surface area contributed by atoms with E-state index in [1.165, 1.54) is 27.8 Å². The standard InChI is InChI=1S/C28H49N3O/c1-17-18(2)20(4)22(21(5)19(17)3)30(16)23(32)24(6,7)31-27(12,13)25(8,9)29-26(10,11)28(31,14)15/h29H,1-16H3. The maximum Gasteiger partial charge on any atom is 0.246 e. The first-order chi connectivity index (χ1) is 14.1. The highest BCUT2D eigenvalue weighted by Gasteiger charge is 2.64. The van der Waals surface area contributed by atoms with Crippen LogP contribution < -0.4 is 10.2 Å². The summed E-state index contributed by atoms with van der Waals surface area (Å²) in [6, 6.07) is 0. The van der Waals surface area contributed by atoms with E-state index in [-0.39, 0.29) is 28.1 Å². The van der Waals surface area contributed by atoms with Crippen LogP contribution in [0, 0.1) is 34.6 Å². The first kappa shape index (κ1) is 26.9. The Morgan fingerprint density at radius 2 is 1.03 bits per heavy atom. The average Bonchev–Trinajstić information content (AvgIpc) is 2.61. The van der Waals surface area contributed by atoms with E-state index in [9.17, 15) is 4.79 Å². The van der Waals surface area contributed by atoms with Crippen molar-refractivity contribution in [1.29, 1.82) is 0 Å². The summed E-state index contributed by atoms with van der Waals surface area (Å²) in [4.78, 5) is 18.7. The molecule has 2 rings (SSSR count). The van der Waals surface area contributed by atoms with Gasteiger partial charge in [-0.3, -0.25) is 9.69 Å². The van der Waals surface area contributed by atoms with Crippen molar-refractivity contribution in [3.8, 4) is 0 Å². The van der Waals surface area contributed by atoms with E-state index in [4.69, 9.17) is 0 Å². The molecule has 1 aliphatic heterocycles. The molecule has 1 N–H and O–H groups in total. The molecule has 0 radical (unpaired) electrons. The van der Waals surface area contributed by atoms with Gasteiger partial charge in [-0.1, -0.05) is 0 Å². The van der Waals surface area contributed by atoms with E-state index in [0.29, 0.717) is 0 Å². The van der Waals surface area contributed by atoms with E-state index in [0.717, 1.165) is 5.69 Å². The van der Waals surface area contributed by atoms with Crippen LogP contribution in [0.3, 0.4) is 0 Å². The third-order valence-electron chi connectivity index (χ3n) is 9.48. The highest BCUT2D eigenvalue weighted by atomic mass is 16.2. The molecule has 4 nitrogen and oxygen atoms in total. The molecular weight excluding hydrogens is 394 g/mol. The van der Waals surface area contributed by atoms with E-state index in [1.54, 1.807) is 0 Å². The Hall–Kier alpha value is -1.39. The van der Waals surface area contributed by atoms with Gasteiger partial charge in [0.1, 0.15) is 0 Å². The number of hydrogen-bond acceptors (Lipinski definition) is 3. The number of carbonyl (C=O) groups is 1. The van der Waals surface area contributed by atoms with Crippen LogP contribution in [0.2, 0.25) is 0 Å². The SMILES string of the molecule is Cc1c(C)c(C)c(N(C)C(=O)C(C)(C)N2C(C)(C)C(C)(C)NC(C)(C)C2(C)C)c(C)c1C. The number of carbonyl (C=O) groups excluding carboxylic acids is 1. The fourth-order valence-corrected chi connectivity index (χ4v) is 6.33. The van der Waals surface area contributed by atoms with Gasteiger partial charge >= 0.3 is 0 Å². The molecule has 1 aromatic carbocycles. The molecule has 1 aliphatic rings. The summed E-state index contributed by atoms with van der Waals surface area (Å²) in [6.07, 6.45) is 0. The zero-order valence-corrected chi connectivity index (χ0v) is 23.8. The van der Waals surface area contributed by atoms with Crippen LogP contribution in [0.15, 0.2) is 0 Å². The number of amides is 1. The zero-order valence-electron chi connectivity index (χ0n) is 23.8. The summed E-state index contributed by atoms with van der Waals surface area (Å²) in [5.41, 5.74) is 5.65. The topological polar surface area (TPSA) is 35.6 Å². The maximum atomic E-state index is 14.3. The van der Waals surface area contributed by atoms with Gasteiger partial charge in [-0.05, 0) is 132 Å². The summed E-state index contributed by atoms with van der Waals surface area (Å²) in [5.74, 6) is 0.126. The highest BCUT2D eigenvalue weighted by molar-refractivity contribution is 6.01. The van der Waals surface area contributed by atoms with Gasteiger partial charge in [-0.15, -0.1) is 0 Å². The molecule has 0 aromatic heterocycles. The molecule has 0 aliphatic carbocycles. The second kappa shape index (κ2) is 7.56. The van der Waals surface area contributed by atoms with E-state index >= 15 is 0 Å². The molecule has 0 bridgehead atoms. The van der Waals surface area contributed by atoms with E-state index < -0.39 is 5.54 Å². The quantitative estimate of drug-likeness (QED) is 0.623. The number of hydrogen-bond donors (Lipinski definition) is 1. The second-order valence-corrected chi connectivity index (χ2v) is 12.7. The number of nitrogens with zero attached hydrogens (tertiary/aromatic N) is 2. The first-order valence-corrected chi connectivity index (χ1v) is 12.0. The van der Waals surface area contributed by atoms with Gasteiger partial charge in [0.2, 0.25) is 5.91 Å². The third-order valence-corrected chi connectivity index (χ3v) is 9.48. The van der Waals surface area contributed by atoms with Crippen molar-refractivity contribution in [3.63, 3.8) is 0 Å². The second-order valence-electron chi connectivity index (χ2n) is 12.7. The van der Waals surface area contributed by atoms with Gasteiger partial charge < -0.3 is 10.2 Å². The molecule has 0 atom stereocenters. The van der Waals surface area contributed by atoms with Crippen molar-refractivity contribution in [2.24, 2.45) is 0 Å². The number of benzene rings is 1. The van der Waals surface area contributed by atoms with Gasteiger partial charge in [0.25, 0.3) is 0 Å². The minimum Gasteiger partial charge on any atom is -0.313 e. The van der Waals surface area contributed by atoms with Crippen molar-refractivity contribution in [1.82, 2.24) is 10.2 Å². The maximum absolute atomic E-state index is 14.3. The molecule has 1 saturated heterocycles. The van der Waals surface area contributed by atoms with Crippen LogP contribution in [-0.2, 0) is 4.79 Å². The van der Waals surface area contributed by atoms with Crippen LogP contribution in [0.1, 0.15) is 97.1 Å². The minimum absolute atomic E-state index is 0.126. The van der Waals surface area contributed by atoms with Gasteiger partial charge in [-0.2, -0.15) is 0 Å². The number of nitrogens with one attached hydrogen (secondary N) is 1. The Kier molecular flexibility index (Phi) is 6.35. The Labute approximate surface area is 198 Å². The van der Waals surface area contributed by atoms with Gasteiger partial charge in [0.15, 0.2) is 0 Å². The van der Waals surface area contributed by atoms with Gasteiger partial charge in [0.05, 0.1) is 5.54 Å². The Bertz CT molecular complexity index is 879. The molecule has 1 amide bonds. The minimum atomic E-state index is -0.718. The monoisotopic (exact) mass is 443 g/mol. The summed E-state index contributed by atoms with van der Waals surface area (Å²) in [5, 5.41) is 3.89. The molecule has 0 spiro atoms. The molecule has 1 heterocycles. The number of anilines is 1. The zero-order chi connectivity index (χ0) is 25.4. The molecule has 1 aromatic rings. The average molecular weight is 444 g/mol. The van der Waals surface area contributed by atoms with Crippen LogP contribution in [0.25, 0.3) is 0 Å². The molecule has 0 saturated carbocycles. The number of likely N-dealkylation sites (N-methyl/N-ethyl adjacent to an activating group) is 1. The van der Waals surface area contributed by atoms with Crippen molar-refractivity contribution < 1.29 is 4.79 Å². The number of piperazine rings is 1. The molecule has 1 fully saturated rings. The van der Waals surface area contributed by atoms with E-state index in [1.807, 2.05) is 11.9 Å². The summed E-state index contributed by atoms with van der Waals surface area (Å²) in [7, 11) is 1.95. The number of rotatable bonds is 3. The summed E-state index contributed by atoms with van der Waals surface area (Å²) < 4.78 is 0. The molecule has 0 unspecified atom stereocenters. The highest BCUT2D eigenvalue weighted by Crippen LogP contribution is 2.49. The molecular formula is C28H49N3O. The lowest BCUT2D eigenvalue weighted by atomic mass is 9.64. The first-order valence-electron chi connectivity index (χ1n) is 12.0. The summed E-state index contributed by atoms with van der Waals surface area (Å²) in [6.45, 7) is 33.1. The largest absolute Gasteiger partial charge is 0.313 e. The Morgan fingerprint density at radius 1 is 0.719 bits per heavy atom. The smallest absolute Gasteiger partial charge is 0.246 e. The lowest BCUT2D eigenvalue weighted by Gasteiger charge is -2.70. The lowest BCUT2D eigenvalue weighted by molar-refractivity contribution is -0.180. The van der Waals surface area contributed by atoms with Crippen molar-refractivity contribution in [2.75, 3.05) is 11.9 Å². The van der Waals surface area contributed by atoms with E-state index in [2.05, 4.69) is 114 Å². The Morgan fingerprint density at radius 3 is 1.38 bits per heavy atom. The third kappa shape index (κ3) is 3.53. The normalized spacial score (nSPS) is 22.0. The van der Waals surface area contributed by atoms with Gasteiger partial charge in [0, 0.05) is 34.9 Å². The molecule has 182 valence electrons. The van der Waals surface area contributed by atoms with Crippen LogP contribution >= 0.6 is 0 Å². The van der Waals surface area contributed by atoms with Crippen LogP contribution in [0.5, 0.6) is 0 Å². The summed E-state index contributed by atoms with van der Waals surface area (Å²) >= 11 is 0.